The van der Waals surface area contributed by atoms with Crippen LogP contribution in [0.2, 0.25) is 0 Å². The Kier molecular flexibility index (Phi) is 2.17. The fourth-order valence-corrected chi connectivity index (χ4v) is 1.59. The summed E-state index contributed by atoms with van der Waals surface area (Å²) in [7, 11) is 0. The van der Waals surface area contributed by atoms with Crippen LogP contribution in [0.1, 0.15) is 13.2 Å². The number of rotatable bonds is 2. The van der Waals surface area contributed by atoms with Crippen LogP contribution in [-0.2, 0) is 0 Å². The van der Waals surface area contributed by atoms with Crippen LogP contribution in [-0.4, -0.2) is 14.6 Å². The van der Waals surface area contributed by atoms with E-state index in [4.69, 9.17) is 0 Å². The maximum Gasteiger partial charge on any atom is 0.270 e. The Labute approximate surface area is 85.7 Å². The molecule has 0 saturated heterocycles. The highest BCUT2D eigenvalue weighted by atomic mass is 16.6. The minimum absolute atomic E-state index is 0.0610. The third-order valence-corrected chi connectivity index (χ3v) is 2.32. The first kappa shape index (κ1) is 9.67. The number of nitrogens with zero attached hydrogens (tertiary/aromatic N) is 2. The Hall–Kier alpha value is -1.88. The Morgan fingerprint density at radius 3 is 2.80 bits per heavy atom. The van der Waals surface area contributed by atoms with Crippen molar-refractivity contribution in [3.8, 4) is 0 Å². The van der Waals surface area contributed by atoms with Crippen LogP contribution in [0.5, 0.6) is 0 Å². The molecule has 1 heterocycles. The second kappa shape index (κ2) is 3.36. The lowest BCUT2D eigenvalue weighted by Crippen LogP contribution is -2.01. The third-order valence-electron chi connectivity index (χ3n) is 2.32. The normalized spacial score (nSPS) is 12.9. The predicted octanol–water partition coefficient (Wildman–Crippen LogP) is 2.06. The van der Waals surface area contributed by atoms with Crippen molar-refractivity contribution in [2.45, 2.75) is 13.2 Å². The van der Waals surface area contributed by atoms with E-state index in [1.807, 2.05) is 0 Å². The van der Waals surface area contributed by atoms with E-state index in [1.54, 1.807) is 29.8 Å². The molecule has 78 valence electrons. The van der Waals surface area contributed by atoms with Crippen LogP contribution in [0.15, 0.2) is 30.5 Å². The standard InChI is InChI=1S/C10H10N2O3/c1-7(13)11-5-4-8-6-9(12(14)15)2-3-10(8)11/h2-7,13H,1H3. The summed E-state index contributed by atoms with van der Waals surface area (Å²) in [5.74, 6) is 0. The van der Waals surface area contributed by atoms with E-state index in [-0.39, 0.29) is 5.69 Å². The average molecular weight is 206 g/mol. The summed E-state index contributed by atoms with van der Waals surface area (Å²) in [5, 5.41) is 20.7. The van der Waals surface area contributed by atoms with Gasteiger partial charge in [-0.2, -0.15) is 0 Å². The first-order chi connectivity index (χ1) is 7.09. The van der Waals surface area contributed by atoms with Crippen LogP contribution in [0.25, 0.3) is 10.9 Å². The molecule has 1 N–H and O–H groups in total. The van der Waals surface area contributed by atoms with E-state index in [2.05, 4.69) is 0 Å². The van der Waals surface area contributed by atoms with E-state index in [9.17, 15) is 15.2 Å². The fraction of sp³-hybridized carbons (Fsp3) is 0.200. The molecular formula is C10H10N2O3. The number of fused-ring (bicyclic) bond motifs is 1. The molecule has 0 aliphatic rings. The van der Waals surface area contributed by atoms with E-state index in [0.29, 0.717) is 0 Å². The second-order valence-electron chi connectivity index (χ2n) is 3.36. The molecule has 0 aliphatic carbocycles. The number of aliphatic hydroxyl groups is 1. The van der Waals surface area contributed by atoms with Gasteiger partial charge in [0.1, 0.15) is 6.23 Å². The number of hydrogen-bond acceptors (Lipinski definition) is 3. The number of non-ortho nitro benzene ring substituents is 1. The minimum atomic E-state index is -0.635. The average Bonchev–Trinajstić information content (AvgIpc) is 2.59. The largest absolute Gasteiger partial charge is 0.374 e. The Balaban J connectivity index is 2.61. The summed E-state index contributed by atoms with van der Waals surface area (Å²) >= 11 is 0. The highest BCUT2D eigenvalue weighted by molar-refractivity contribution is 5.82. The van der Waals surface area contributed by atoms with Gasteiger partial charge in [0.15, 0.2) is 0 Å². The maximum absolute atomic E-state index is 10.5. The molecular weight excluding hydrogens is 196 g/mol. The molecule has 15 heavy (non-hydrogen) atoms. The van der Waals surface area contributed by atoms with Gasteiger partial charge in [-0.25, -0.2) is 0 Å². The SMILES string of the molecule is CC(O)n1ccc2cc([N+](=O)[O-])ccc21. The molecule has 1 atom stereocenters. The van der Waals surface area contributed by atoms with Gasteiger partial charge >= 0.3 is 0 Å². The molecule has 5 heteroatoms. The van der Waals surface area contributed by atoms with Gasteiger partial charge < -0.3 is 9.67 Å². The lowest BCUT2D eigenvalue weighted by Gasteiger charge is -2.07. The summed E-state index contributed by atoms with van der Waals surface area (Å²) in [6, 6.07) is 6.31. The van der Waals surface area contributed by atoms with Gasteiger partial charge in [0.05, 0.1) is 10.4 Å². The lowest BCUT2D eigenvalue weighted by molar-refractivity contribution is -0.384. The first-order valence-electron chi connectivity index (χ1n) is 4.52. The smallest absolute Gasteiger partial charge is 0.270 e. The van der Waals surface area contributed by atoms with Crippen molar-refractivity contribution in [3.63, 3.8) is 0 Å². The van der Waals surface area contributed by atoms with Crippen molar-refractivity contribution < 1.29 is 10.0 Å². The molecule has 0 aliphatic heterocycles. The van der Waals surface area contributed by atoms with E-state index < -0.39 is 11.2 Å². The fourth-order valence-electron chi connectivity index (χ4n) is 1.59. The van der Waals surface area contributed by atoms with E-state index in [0.717, 1.165) is 10.9 Å². The zero-order valence-corrected chi connectivity index (χ0v) is 8.12. The molecule has 0 fully saturated rings. The number of aromatic nitrogens is 1. The molecule has 0 amide bonds. The van der Waals surface area contributed by atoms with Crippen LogP contribution in [0.3, 0.4) is 0 Å². The number of hydrogen-bond donors (Lipinski definition) is 1. The van der Waals surface area contributed by atoms with Gasteiger partial charge in [-0.15, -0.1) is 0 Å². The molecule has 5 nitrogen and oxygen atoms in total. The molecule has 0 radical (unpaired) electrons. The molecule has 1 unspecified atom stereocenters. The second-order valence-corrected chi connectivity index (χ2v) is 3.36. The maximum atomic E-state index is 10.5. The quantitative estimate of drug-likeness (QED) is 0.604. The summed E-state index contributed by atoms with van der Waals surface area (Å²) in [5.41, 5.74) is 0.849. The van der Waals surface area contributed by atoms with Crippen molar-refractivity contribution >= 4 is 16.6 Å². The molecule has 0 spiro atoms. The number of benzene rings is 1. The van der Waals surface area contributed by atoms with Gasteiger partial charge in [-0.3, -0.25) is 10.1 Å². The molecule has 2 aromatic rings. The molecule has 0 bridgehead atoms. The van der Waals surface area contributed by atoms with Crippen molar-refractivity contribution in [3.05, 3.63) is 40.6 Å². The van der Waals surface area contributed by atoms with Crippen LogP contribution in [0.4, 0.5) is 5.69 Å². The molecule has 0 saturated carbocycles. The van der Waals surface area contributed by atoms with Crippen molar-refractivity contribution in [1.82, 2.24) is 4.57 Å². The van der Waals surface area contributed by atoms with Gasteiger partial charge in [-0.05, 0) is 19.1 Å². The zero-order valence-electron chi connectivity index (χ0n) is 8.12. The minimum Gasteiger partial charge on any atom is -0.374 e. The molecule has 2 rings (SSSR count). The Morgan fingerprint density at radius 2 is 2.20 bits per heavy atom. The van der Waals surface area contributed by atoms with Crippen molar-refractivity contribution in [2.24, 2.45) is 0 Å². The van der Waals surface area contributed by atoms with Crippen LogP contribution in [0, 0.1) is 10.1 Å². The Morgan fingerprint density at radius 1 is 1.47 bits per heavy atom. The first-order valence-corrected chi connectivity index (χ1v) is 4.52. The van der Waals surface area contributed by atoms with Gasteiger partial charge in [0, 0.05) is 23.7 Å². The van der Waals surface area contributed by atoms with Crippen LogP contribution < -0.4 is 0 Å². The van der Waals surface area contributed by atoms with E-state index in [1.165, 1.54) is 12.1 Å². The Bertz CT molecular complexity index is 516. The number of nitro benzene ring substituents is 1. The highest BCUT2D eigenvalue weighted by Crippen LogP contribution is 2.23. The van der Waals surface area contributed by atoms with E-state index >= 15 is 0 Å². The van der Waals surface area contributed by atoms with Gasteiger partial charge in [-0.1, -0.05) is 0 Å². The van der Waals surface area contributed by atoms with Gasteiger partial charge in [0.2, 0.25) is 0 Å². The topological polar surface area (TPSA) is 68.3 Å². The van der Waals surface area contributed by atoms with Crippen molar-refractivity contribution in [1.29, 1.82) is 0 Å². The summed E-state index contributed by atoms with van der Waals surface area (Å²) in [4.78, 5) is 10.1. The highest BCUT2D eigenvalue weighted by Gasteiger charge is 2.09. The molecule has 1 aromatic heterocycles. The predicted molar refractivity (Wildman–Crippen MR) is 55.5 cm³/mol. The number of aliphatic hydroxyl groups excluding tert-OH is 1. The zero-order chi connectivity index (χ0) is 11.0. The summed E-state index contributed by atoms with van der Waals surface area (Å²) in [6.45, 7) is 1.64. The summed E-state index contributed by atoms with van der Waals surface area (Å²) in [6.07, 6.45) is 1.07. The summed E-state index contributed by atoms with van der Waals surface area (Å²) < 4.78 is 1.65. The molecule has 1 aromatic carbocycles. The number of nitro groups is 1. The van der Waals surface area contributed by atoms with Crippen LogP contribution >= 0.6 is 0 Å². The third kappa shape index (κ3) is 1.57. The van der Waals surface area contributed by atoms with Crippen molar-refractivity contribution in [2.75, 3.05) is 0 Å². The van der Waals surface area contributed by atoms with Gasteiger partial charge in [0.25, 0.3) is 5.69 Å². The monoisotopic (exact) mass is 206 g/mol. The lowest BCUT2D eigenvalue weighted by atomic mass is 10.2.